The second kappa shape index (κ2) is 3.13. The average molecular weight is 178 g/mol. The summed E-state index contributed by atoms with van der Waals surface area (Å²) in [6, 6.07) is 5.41. The first-order valence-corrected chi connectivity index (χ1v) is 3.62. The molecule has 0 spiro atoms. The minimum Gasteiger partial charge on any atom is -0.388 e. The Hall–Kier alpha value is -0.400. The van der Waals surface area contributed by atoms with Crippen LogP contribution in [0.25, 0.3) is 0 Å². The Balaban J connectivity index is 0.000001000. The van der Waals surface area contributed by atoms with Crippen molar-refractivity contribution in [1.29, 1.82) is 0 Å². The van der Waals surface area contributed by atoms with E-state index in [0.29, 0.717) is 10.0 Å². The summed E-state index contributed by atoms with van der Waals surface area (Å²) >= 11 is 11.4. The largest absolute Gasteiger partial charge is 0.388 e. The lowest BCUT2D eigenvalue weighted by Gasteiger charge is -2.00. The summed E-state index contributed by atoms with van der Waals surface area (Å²) in [6.45, 7) is 0. The highest BCUT2D eigenvalue weighted by Crippen LogP contribution is 2.24. The summed E-state index contributed by atoms with van der Waals surface area (Å²) in [4.78, 5) is 0. The smallest absolute Gasteiger partial charge is 0.0612 e. The molecule has 56 valence electrons. The van der Waals surface area contributed by atoms with Gasteiger partial charge in [0, 0.05) is 14.2 Å². The van der Waals surface area contributed by atoms with E-state index in [0.717, 1.165) is 5.69 Å². The zero-order chi connectivity index (χ0) is 7.56. The number of rotatable bonds is 1. The van der Waals surface area contributed by atoms with E-state index in [1.165, 1.54) is 0 Å². The highest BCUT2D eigenvalue weighted by molar-refractivity contribution is 6.42. The summed E-state index contributed by atoms with van der Waals surface area (Å²) in [5.41, 5.74) is 0.967. The maximum absolute atomic E-state index is 5.72. The van der Waals surface area contributed by atoms with Crippen molar-refractivity contribution in [3.05, 3.63) is 28.2 Å². The van der Waals surface area contributed by atoms with Crippen molar-refractivity contribution < 1.29 is 1.43 Å². The fourth-order valence-corrected chi connectivity index (χ4v) is 0.950. The quantitative estimate of drug-likeness (QED) is 0.695. The van der Waals surface area contributed by atoms with E-state index < -0.39 is 0 Å². The third kappa shape index (κ3) is 1.55. The molecule has 0 fully saturated rings. The molecule has 0 bridgehead atoms. The van der Waals surface area contributed by atoms with Gasteiger partial charge in [0.2, 0.25) is 0 Å². The molecule has 1 rings (SSSR count). The predicted molar refractivity (Wildman–Crippen MR) is 48.1 cm³/mol. The van der Waals surface area contributed by atoms with E-state index in [-0.39, 0.29) is 1.43 Å². The molecule has 0 atom stereocenters. The Morgan fingerprint density at radius 3 is 2.50 bits per heavy atom. The highest BCUT2D eigenvalue weighted by atomic mass is 35.5. The summed E-state index contributed by atoms with van der Waals surface area (Å²) in [5, 5.41) is 4.11. The molecule has 0 aliphatic rings. The molecule has 1 nitrogen and oxygen atoms in total. The van der Waals surface area contributed by atoms with Crippen LogP contribution in [0.15, 0.2) is 18.2 Å². The lowest BCUT2D eigenvalue weighted by atomic mass is 10.3. The Morgan fingerprint density at radius 1 is 1.30 bits per heavy atom. The lowest BCUT2D eigenvalue weighted by molar-refractivity contribution is 1.51. The van der Waals surface area contributed by atoms with E-state index in [1.807, 2.05) is 13.1 Å². The number of benzene rings is 1. The molecule has 0 aliphatic heterocycles. The van der Waals surface area contributed by atoms with Crippen molar-refractivity contribution in [2.24, 2.45) is 0 Å². The van der Waals surface area contributed by atoms with Crippen LogP contribution in [0.1, 0.15) is 1.43 Å². The molecule has 1 aromatic carbocycles. The van der Waals surface area contributed by atoms with Crippen LogP contribution >= 0.6 is 23.2 Å². The maximum Gasteiger partial charge on any atom is 0.0612 e. The normalized spacial score (nSPS) is 9.50. The van der Waals surface area contributed by atoms with Gasteiger partial charge >= 0.3 is 0 Å². The van der Waals surface area contributed by atoms with Crippen molar-refractivity contribution >= 4 is 28.9 Å². The van der Waals surface area contributed by atoms with Gasteiger partial charge in [-0.1, -0.05) is 23.2 Å². The van der Waals surface area contributed by atoms with Crippen LogP contribution in [0.5, 0.6) is 0 Å². The van der Waals surface area contributed by atoms with Gasteiger partial charge in [-0.2, -0.15) is 0 Å². The molecule has 3 heteroatoms. The monoisotopic (exact) mass is 177 g/mol. The van der Waals surface area contributed by atoms with Gasteiger partial charge in [0.1, 0.15) is 0 Å². The zero-order valence-corrected chi connectivity index (χ0v) is 7.00. The van der Waals surface area contributed by atoms with Gasteiger partial charge in [0.05, 0.1) is 10.0 Å². The van der Waals surface area contributed by atoms with Crippen LogP contribution in [0, 0.1) is 0 Å². The summed E-state index contributed by atoms with van der Waals surface area (Å²) in [7, 11) is 1.83. The van der Waals surface area contributed by atoms with E-state index in [2.05, 4.69) is 5.32 Å². The topological polar surface area (TPSA) is 12.0 Å². The SMILES string of the molecule is CNc1ccc(Cl)c(Cl)c1.[HH]. The van der Waals surface area contributed by atoms with Crippen LogP contribution in [-0.2, 0) is 0 Å². The average Bonchev–Trinajstić information content (AvgIpc) is 1.95. The van der Waals surface area contributed by atoms with Gasteiger partial charge in [-0.15, -0.1) is 0 Å². The summed E-state index contributed by atoms with van der Waals surface area (Å²) in [6.07, 6.45) is 0. The Morgan fingerprint density at radius 2 is 2.00 bits per heavy atom. The Kier molecular flexibility index (Phi) is 2.41. The van der Waals surface area contributed by atoms with Crippen LogP contribution < -0.4 is 5.32 Å². The first-order chi connectivity index (χ1) is 4.74. The third-order valence-electron chi connectivity index (χ3n) is 1.21. The van der Waals surface area contributed by atoms with Crippen LogP contribution in [0.4, 0.5) is 5.69 Å². The minimum absolute atomic E-state index is 0. The highest BCUT2D eigenvalue weighted by Gasteiger charge is 1.95. The van der Waals surface area contributed by atoms with Gasteiger partial charge in [0.15, 0.2) is 0 Å². The molecule has 0 saturated heterocycles. The first kappa shape index (κ1) is 7.70. The zero-order valence-electron chi connectivity index (χ0n) is 5.49. The number of halogens is 2. The van der Waals surface area contributed by atoms with E-state index in [1.54, 1.807) is 12.1 Å². The van der Waals surface area contributed by atoms with E-state index >= 15 is 0 Å². The number of hydrogen-bond donors (Lipinski definition) is 1. The third-order valence-corrected chi connectivity index (χ3v) is 1.95. The lowest BCUT2D eigenvalue weighted by Crippen LogP contribution is -1.86. The second-order valence-corrected chi connectivity index (χ2v) is 2.69. The van der Waals surface area contributed by atoms with Gasteiger partial charge < -0.3 is 5.32 Å². The van der Waals surface area contributed by atoms with Crippen molar-refractivity contribution in [1.82, 2.24) is 0 Å². The molecule has 1 N–H and O–H groups in total. The van der Waals surface area contributed by atoms with Gasteiger partial charge in [-0.3, -0.25) is 0 Å². The van der Waals surface area contributed by atoms with Crippen LogP contribution in [0.3, 0.4) is 0 Å². The first-order valence-electron chi connectivity index (χ1n) is 2.87. The molecule has 0 unspecified atom stereocenters. The fraction of sp³-hybridized carbons (Fsp3) is 0.143. The Labute approximate surface area is 71.4 Å². The second-order valence-electron chi connectivity index (χ2n) is 1.88. The molecule has 0 saturated carbocycles. The van der Waals surface area contributed by atoms with Gasteiger partial charge in [0.25, 0.3) is 0 Å². The van der Waals surface area contributed by atoms with Crippen LogP contribution in [0.2, 0.25) is 10.0 Å². The predicted octanol–water partition coefficient (Wildman–Crippen LogP) is 3.28. The van der Waals surface area contributed by atoms with Crippen LogP contribution in [-0.4, -0.2) is 7.05 Å². The van der Waals surface area contributed by atoms with Crippen molar-refractivity contribution in [2.45, 2.75) is 0 Å². The molecule has 0 aliphatic carbocycles. The van der Waals surface area contributed by atoms with E-state index in [4.69, 9.17) is 23.2 Å². The summed E-state index contributed by atoms with van der Waals surface area (Å²) < 4.78 is 0. The number of hydrogen-bond acceptors (Lipinski definition) is 1. The van der Waals surface area contributed by atoms with E-state index in [9.17, 15) is 0 Å². The fourth-order valence-electron chi connectivity index (χ4n) is 0.652. The van der Waals surface area contributed by atoms with Gasteiger partial charge in [-0.05, 0) is 18.2 Å². The molecule has 0 radical (unpaired) electrons. The molecular weight excluding hydrogens is 169 g/mol. The summed E-state index contributed by atoms with van der Waals surface area (Å²) in [5.74, 6) is 0. The van der Waals surface area contributed by atoms with Crippen molar-refractivity contribution in [3.63, 3.8) is 0 Å². The standard InChI is InChI=1S/C7H7Cl2N.H2/c1-10-5-2-3-6(8)7(9)4-5;/h2-4,10H,1H3;1H. The molecular formula is C7H9Cl2N. The molecule has 0 heterocycles. The number of anilines is 1. The molecule has 0 aromatic heterocycles. The van der Waals surface area contributed by atoms with Crippen molar-refractivity contribution in [3.8, 4) is 0 Å². The molecule has 10 heavy (non-hydrogen) atoms. The van der Waals surface area contributed by atoms with Crippen molar-refractivity contribution in [2.75, 3.05) is 12.4 Å². The Bertz CT molecular complexity index is 240. The maximum atomic E-state index is 5.72. The molecule has 1 aromatic rings. The molecule has 0 amide bonds. The van der Waals surface area contributed by atoms with Gasteiger partial charge in [-0.25, -0.2) is 0 Å². The number of nitrogens with one attached hydrogen (secondary N) is 1. The minimum atomic E-state index is 0.